The minimum atomic E-state index is 0.465. The van der Waals surface area contributed by atoms with Crippen LogP contribution in [0.3, 0.4) is 0 Å². The van der Waals surface area contributed by atoms with Gasteiger partial charge in [-0.15, -0.1) is 11.3 Å². The Labute approximate surface area is 120 Å². The molecule has 0 fully saturated rings. The Balaban J connectivity index is 2.12. The fraction of sp³-hybridized carbons (Fsp3) is 0.412. The third-order valence-corrected chi connectivity index (χ3v) is 4.46. The Kier molecular flexibility index (Phi) is 5.17. The van der Waals surface area contributed by atoms with Crippen molar-refractivity contribution in [1.82, 2.24) is 5.32 Å². The number of nitrogens with one attached hydrogen (secondary N) is 1. The van der Waals surface area contributed by atoms with Gasteiger partial charge >= 0.3 is 0 Å². The summed E-state index contributed by atoms with van der Waals surface area (Å²) in [6.45, 7) is 7.58. The van der Waals surface area contributed by atoms with Crippen LogP contribution in [0.4, 0.5) is 0 Å². The summed E-state index contributed by atoms with van der Waals surface area (Å²) in [6, 6.07) is 11.6. The van der Waals surface area contributed by atoms with Crippen molar-refractivity contribution < 1.29 is 0 Å². The quantitative estimate of drug-likeness (QED) is 0.808. The number of aryl methyl sites for hydroxylation is 3. The van der Waals surface area contributed by atoms with Gasteiger partial charge in [0.15, 0.2) is 0 Å². The molecular formula is C17H23NS. The smallest absolute Gasteiger partial charge is 0.0326 e. The topological polar surface area (TPSA) is 12.0 Å². The van der Waals surface area contributed by atoms with Crippen LogP contribution in [0.25, 0.3) is 0 Å². The normalized spacial score (nSPS) is 12.6. The third-order valence-electron chi connectivity index (χ3n) is 3.52. The van der Waals surface area contributed by atoms with E-state index in [0.717, 1.165) is 13.0 Å². The highest BCUT2D eigenvalue weighted by molar-refractivity contribution is 7.09. The molecule has 2 rings (SSSR count). The second kappa shape index (κ2) is 6.88. The first kappa shape index (κ1) is 14.3. The molecule has 0 aliphatic carbocycles. The van der Waals surface area contributed by atoms with Gasteiger partial charge in [-0.3, -0.25) is 0 Å². The van der Waals surface area contributed by atoms with Gasteiger partial charge in [-0.25, -0.2) is 0 Å². The van der Waals surface area contributed by atoms with Gasteiger partial charge in [0.1, 0.15) is 0 Å². The number of benzene rings is 1. The molecule has 0 aliphatic rings. The molecule has 2 heteroatoms. The fourth-order valence-electron chi connectivity index (χ4n) is 2.49. The summed E-state index contributed by atoms with van der Waals surface area (Å²) in [6.07, 6.45) is 2.32. The molecule has 0 bridgehead atoms. The zero-order chi connectivity index (χ0) is 13.7. The lowest BCUT2D eigenvalue weighted by molar-refractivity contribution is 0.514. The van der Waals surface area contributed by atoms with Gasteiger partial charge < -0.3 is 5.32 Å². The number of thiophene rings is 1. The van der Waals surface area contributed by atoms with Crippen molar-refractivity contribution in [3.05, 3.63) is 57.3 Å². The first-order valence-corrected chi connectivity index (χ1v) is 7.91. The SMILES string of the molecule is CCNC(CCc1cccs1)c1cc(C)ccc1C. The zero-order valence-corrected chi connectivity index (χ0v) is 12.9. The molecule has 19 heavy (non-hydrogen) atoms. The van der Waals surface area contributed by atoms with E-state index in [1.54, 1.807) is 0 Å². The van der Waals surface area contributed by atoms with Crippen molar-refractivity contribution in [3.63, 3.8) is 0 Å². The van der Waals surface area contributed by atoms with Crippen LogP contribution in [-0.4, -0.2) is 6.54 Å². The van der Waals surface area contributed by atoms with Crippen LogP contribution in [0, 0.1) is 13.8 Å². The van der Waals surface area contributed by atoms with Gasteiger partial charge in [0, 0.05) is 10.9 Å². The van der Waals surface area contributed by atoms with Gasteiger partial charge in [-0.05, 0) is 55.8 Å². The molecule has 1 atom stereocenters. The van der Waals surface area contributed by atoms with Crippen molar-refractivity contribution in [1.29, 1.82) is 0 Å². The molecule has 2 aromatic rings. The molecule has 1 aromatic heterocycles. The van der Waals surface area contributed by atoms with E-state index in [1.807, 2.05) is 11.3 Å². The van der Waals surface area contributed by atoms with Crippen molar-refractivity contribution in [2.75, 3.05) is 6.54 Å². The van der Waals surface area contributed by atoms with Crippen LogP contribution >= 0.6 is 11.3 Å². The van der Waals surface area contributed by atoms with Crippen LogP contribution < -0.4 is 5.32 Å². The standard InChI is InChI=1S/C17H23NS/c1-4-18-17(10-9-15-6-5-11-19-15)16-12-13(2)7-8-14(16)3/h5-8,11-12,17-18H,4,9-10H2,1-3H3. The fourth-order valence-corrected chi connectivity index (χ4v) is 3.22. The maximum atomic E-state index is 3.63. The molecular weight excluding hydrogens is 250 g/mol. The van der Waals surface area contributed by atoms with Gasteiger partial charge in [0.25, 0.3) is 0 Å². The van der Waals surface area contributed by atoms with E-state index in [0.29, 0.717) is 6.04 Å². The largest absolute Gasteiger partial charge is 0.310 e. The Bertz CT molecular complexity index is 502. The monoisotopic (exact) mass is 273 g/mol. The number of rotatable bonds is 6. The minimum Gasteiger partial charge on any atom is -0.310 e. The Morgan fingerprint density at radius 2 is 2.05 bits per heavy atom. The van der Waals surface area contributed by atoms with Gasteiger partial charge in [0.05, 0.1) is 0 Å². The molecule has 1 N–H and O–H groups in total. The van der Waals surface area contributed by atoms with Gasteiger partial charge in [0.2, 0.25) is 0 Å². The molecule has 0 radical (unpaired) electrons. The van der Waals surface area contributed by atoms with E-state index in [9.17, 15) is 0 Å². The highest BCUT2D eigenvalue weighted by Gasteiger charge is 2.13. The summed E-state index contributed by atoms with van der Waals surface area (Å²) in [4.78, 5) is 1.48. The summed E-state index contributed by atoms with van der Waals surface area (Å²) < 4.78 is 0. The van der Waals surface area contributed by atoms with Crippen LogP contribution in [0.15, 0.2) is 35.7 Å². The predicted octanol–water partition coefficient (Wildman–Crippen LogP) is 4.65. The molecule has 0 amide bonds. The maximum absolute atomic E-state index is 3.63. The average Bonchev–Trinajstić information content (AvgIpc) is 2.91. The van der Waals surface area contributed by atoms with Crippen molar-refractivity contribution in [2.24, 2.45) is 0 Å². The lowest BCUT2D eigenvalue weighted by atomic mass is 9.95. The minimum absolute atomic E-state index is 0.465. The van der Waals surface area contributed by atoms with Crippen molar-refractivity contribution >= 4 is 11.3 Å². The first-order valence-electron chi connectivity index (χ1n) is 7.03. The van der Waals surface area contributed by atoms with Gasteiger partial charge in [-0.1, -0.05) is 36.8 Å². The number of hydrogen-bond acceptors (Lipinski definition) is 2. The van der Waals surface area contributed by atoms with E-state index in [-0.39, 0.29) is 0 Å². The molecule has 0 spiro atoms. The van der Waals surface area contributed by atoms with E-state index >= 15 is 0 Å². The third kappa shape index (κ3) is 3.92. The molecule has 1 nitrogen and oxygen atoms in total. The molecule has 0 saturated carbocycles. The lowest BCUT2D eigenvalue weighted by Crippen LogP contribution is -2.22. The predicted molar refractivity (Wildman–Crippen MR) is 85.0 cm³/mol. The van der Waals surface area contributed by atoms with Crippen LogP contribution in [0.2, 0.25) is 0 Å². The second-order valence-corrected chi connectivity index (χ2v) is 6.12. The molecule has 1 aromatic carbocycles. The lowest BCUT2D eigenvalue weighted by Gasteiger charge is -2.20. The summed E-state index contributed by atoms with van der Waals surface area (Å²) in [5.74, 6) is 0. The summed E-state index contributed by atoms with van der Waals surface area (Å²) in [5.41, 5.74) is 4.20. The molecule has 1 heterocycles. The Morgan fingerprint density at radius 3 is 2.74 bits per heavy atom. The van der Waals surface area contributed by atoms with E-state index in [1.165, 1.54) is 28.0 Å². The average molecular weight is 273 g/mol. The molecule has 0 aliphatic heterocycles. The van der Waals surface area contributed by atoms with Crippen molar-refractivity contribution in [2.45, 2.75) is 39.7 Å². The zero-order valence-electron chi connectivity index (χ0n) is 12.1. The maximum Gasteiger partial charge on any atom is 0.0326 e. The van der Waals surface area contributed by atoms with Crippen LogP contribution in [0.5, 0.6) is 0 Å². The highest BCUT2D eigenvalue weighted by Crippen LogP contribution is 2.24. The molecule has 102 valence electrons. The van der Waals surface area contributed by atoms with Gasteiger partial charge in [-0.2, -0.15) is 0 Å². The highest BCUT2D eigenvalue weighted by atomic mass is 32.1. The van der Waals surface area contributed by atoms with Crippen LogP contribution in [0.1, 0.15) is 41.0 Å². The summed E-state index contributed by atoms with van der Waals surface area (Å²) >= 11 is 1.86. The van der Waals surface area contributed by atoms with E-state index < -0.39 is 0 Å². The summed E-state index contributed by atoms with van der Waals surface area (Å²) in [5, 5.41) is 5.80. The van der Waals surface area contributed by atoms with Crippen molar-refractivity contribution in [3.8, 4) is 0 Å². The van der Waals surface area contributed by atoms with E-state index in [4.69, 9.17) is 0 Å². The molecule has 1 unspecified atom stereocenters. The number of hydrogen-bond donors (Lipinski definition) is 1. The van der Waals surface area contributed by atoms with E-state index in [2.05, 4.69) is 61.8 Å². The second-order valence-electron chi connectivity index (χ2n) is 5.09. The van der Waals surface area contributed by atoms with Crippen LogP contribution in [-0.2, 0) is 6.42 Å². The Morgan fingerprint density at radius 1 is 1.21 bits per heavy atom. The summed E-state index contributed by atoms with van der Waals surface area (Å²) in [7, 11) is 0. The Hall–Kier alpha value is -1.12. The first-order chi connectivity index (χ1) is 9.20. The molecule has 0 saturated heterocycles.